The lowest BCUT2D eigenvalue weighted by Crippen LogP contribution is -2.29. The molecule has 31 heavy (non-hydrogen) atoms. The predicted octanol–water partition coefficient (Wildman–Crippen LogP) is 3.69. The summed E-state index contributed by atoms with van der Waals surface area (Å²) in [7, 11) is -2.03. The maximum Gasteiger partial charge on any atom is 0.258 e. The number of amides is 1. The van der Waals surface area contributed by atoms with Gasteiger partial charge in [0.25, 0.3) is 5.91 Å². The van der Waals surface area contributed by atoms with Crippen LogP contribution in [0.2, 0.25) is 0 Å². The van der Waals surface area contributed by atoms with Crippen LogP contribution in [0.4, 0.5) is 5.69 Å². The highest BCUT2D eigenvalue weighted by Crippen LogP contribution is 2.31. The number of carbonyl (C=O) groups is 1. The lowest BCUT2D eigenvalue weighted by atomic mass is 10.1. The Balaban J connectivity index is 1.52. The number of nitrogens with zero attached hydrogens (tertiary/aromatic N) is 1. The third-order valence-corrected chi connectivity index (χ3v) is 6.79. The van der Waals surface area contributed by atoms with Gasteiger partial charge in [0, 0.05) is 24.3 Å². The fourth-order valence-electron chi connectivity index (χ4n) is 3.68. The molecule has 0 saturated carbocycles. The highest BCUT2D eigenvalue weighted by Gasteiger charge is 2.26. The molecule has 1 heterocycles. The first-order valence-corrected chi connectivity index (χ1v) is 11.5. The maximum atomic E-state index is 13.0. The Morgan fingerprint density at radius 3 is 2.55 bits per heavy atom. The van der Waals surface area contributed by atoms with E-state index in [-0.39, 0.29) is 17.3 Å². The van der Waals surface area contributed by atoms with Crippen molar-refractivity contribution >= 4 is 21.6 Å². The Kier molecular flexibility index (Phi) is 5.80. The van der Waals surface area contributed by atoms with Crippen LogP contribution in [0.25, 0.3) is 0 Å². The van der Waals surface area contributed by atoms with Gasteiger partial charge in [-0.25, -0.2) is 13.1 Å². The number of benzene rings is 3. The van der Waals surface area contributed by atoms with Crippen LogP contribution >= 0.6 is 0 Å². The number of anilines is 1. The third-order valence-electron chi connectivity index (χ3n) is 5.39. The molecule has 160 valence electrons. The van der Waals surface area contributed by atoms with Crippen LogP contribution in [0.5, 0.6) is 5.75 Å². The zero-order valence-corrected chi connectivity index (χ0v) is 18.3. The van der Waals surface area contributed by atoms with Crippen molar-refractivity contribution in [2.24, 2.45) is 0 Å². The van der Waals surface area contributed by atoms with Crippen molar-refractivity contribution in [3.63, 3.8) is 0 Å². The number of sulfonamides is 1. The molecule has 0 atom stereocenters. The first-order valence-electron chi connectivity index (χ1n) is 10.0. The van der Waals surface area contributed by atoms with Gasteiger partial charge in [-0.05, 0) is 72.5 Å². The Morgan fingerprint density at radius 1 is 1.06 bits per heavy atom. The lowest BCUT2D eigenvalue weighted by Gasteiger charge is -2.18. The summed E-state index contributed by atoms with van der Waals surface area (Å²) >= 11 is 0. The number of methoxy groups -OCH3 is 1. The summed E-state index contributed by atoms with van der Waals surface area (Å²) in [5.41, 5.74) is 4.16. The van der Waals surface area contributed by atoms with Crippen LogP contribution in [0.1, 0.15) is 27.0 Å². The first-order chi connectivity index (χ1) is 14.9. The summed E-state index contributed by atoms with van der Waals surface area (Å²) in [6, 6.07) is 19.6. The minimum Gasteiger partial charge on any atom is -0.497 e. The topological polar surface area (TPSA) is 75.7 Å². The minimum absolute atomic E-state index is 0.0844. The van der Waals surface area contributed by atoms with E-state index in [0.717, 1.165) is 28.8 Å². The first kappa shape index (κ1) is 21.1. The fourth-order valence-corrected chi connectivity index (χ4v) is 4.80. The lowest BCUT2D eigenvalue weighted by molar-refractivity contribution is 0.0989. The molecular weight excluding hydrogens is 412 g/mol. The summed E-state index contributed by atoms with van der Waals surface area (Å²) in [6.07, 6.45) is 0.770. The predicted molar refractivity (Wildman–Crippen MR) is 120 cm³/mol. The minimum atomic E-state index is -3.62. The molecule has 3 aromatic carbocycles. The van der Waals surface area contributed by atoms with Gasteiger partial charge in [0.05, 0.1) is 12.0 Å². The third kappa shape index (κ3) is 4.47. The normalized spacial score (nSPS) is 13.2. The molecule has 0 bridgehead atoms. The molecule has 6 nitrogen and oxygen atoms in total. The van der Waals surface area contributed by atoms with Gasteiger partial charge in [-0.2, -0.15) is 0 Å². The van der Waals surface area contributed by atoms with E-state index in [1.54, 1.807) is 54.5 Å². The van der Waals surface area contributed by atoms with Gasteiger partial charge < -0.3 is 9.64 Å². The summed E-state index contributed by atoms with van der Waals surface area (Å²) in [4.78, 5) is 15.0. The van der Waals surface area contributed by atoms with Crippen molar-refractivity contribution in [2.45, 2.75) is 24.8 Å². The molecule has 3 aromatic rings. The second kappa shape index (κ2) is 8.53. The average molecular weight is 437 g/mol. The number of carbonyl (C=O) groups excluding carboxylic acids is 1. The monoisotopic (exact) mass is 436 g/mol. The fraction of sp³-hybridized carbons (Fsp3) is 0.208. The summed E-state index contributed by atoms with van der Waals surface area (Å²) in [5, 5.41) is 0. The van der Waals surface area contributed by atoms with Crippen molar-refractivity contribution < 1.29 is 17.9 Å². The van der Waals surface area contributed by atoms with Crippen molar-refractivity contribution in [3.05, 3.63) is 89.0 Å². The van der Waals surface area contributed by atoms with E-state index in [1.165, 1.54) is 0 Å². The van der Waals surface area contributed by atoms with Gasteiger partial charge >= 0.3 is 0 Å². The van der Waals surface area contributed by atoms with Gasteiger partial charge in [0.2, 0.25) is 10.0 Å². The molecule has 1 aliphatic heterocycles. The molecular formula is C24H24N2O4S. The number of hydrogen-bond acceptors (Lipinski definition) is 4. The van der Waals surface area contributed by atoms with Crippen LogP contribution in [0.3, 0.4) is 0 Å². The van der Waals surface area contributed by atoms with E-state index < -0.39 is 10.0 Å². The number of rotatable bonds is 6. The van der Waals surface area contributed by atoms with Crippen LogP contribution in [-0.2, 0) is 23.0 Å². The van der Waals surface area contributed by atoms with Crippen molar-refractivity contribution in [3.8, 4) is 5.75 Å². The van der Waals surface area contributed by atoms with Gasteiger partial charge in [-0.15, -0.1) is 0 Å². The van der Waals surface area contributed by atoms with E-state index in [4.69, 9.17) is 4.74 Å². The van der Waals surface area contributed by atoms with Crippen molar-refractivity contribution in [1.82, 2.24) is 4.72 Å². The van der Waals surface area contributed by atoms with Gasteiger partial charge in [0.15, 0.2) is 0 Å². The Morgan fingerprint density at radius 2 is 1.84 bits per heavy atom. The van der Waals surface area contributed by atoms with Gasteiger partial charge in [0.1, 0.15) is 5.75 Å². The molecule has 4 rings (SSSR count). The summed E-state index contributed by atoms with van der Waals surface area (Å²) < 4.78 is 33.0. The highest BCUT2D eigenvalue weighted by molar-refractivity contribution is 7.89. The molecule has 7 heteroatoms. The molecule has 1 aliphatic rings. The molecule has 0 unspecified atom stereocenters. The van der Waals surface area contributed by atoms with Gasteiger partial charge in [-0.3, -0.25) is 4.79 Å². The molecule has 1 amide bonds. The number of hydrogen-bond donors (Lipinski definition) is 1. The van der Waals surface area contributed by atoms with E-state index >= 15 is 0 Å². The number of aryl methyl sites for hydroxylation is 1. The molecule has 0 aliphatic carbocycles. The largest absolute Gasteiger partial charge is 0.497 e. The van der Waals surface area contributed by atoms with Crippen molar-refractivity contribution in [2.75, 3.05) is 18.6 Å². The Labute approximate surface area is 182 Å². The maximum absolute atomic E-state index is 13.0. The van der Waals surface area contributed by atoms with Crippen molar-refractivity contribution in [1.29, 1.82) is 0 Å². The van der Waals surface area contributed by atoms with E-state index in [0.29, 0.717) is 17.9 Å². The number of nitrogens with one attached hydrogen (secondary N) is 1. The Bertz CT molecular complexity index is 1220. The number of ether oxygens (including phenoxy) is 1. The molecule has 0 spiro atoms. The zero-order chi connectivity index (χ0) is 22.0. The van der Waals surface area contributed by atoms with Crippen LogP contribution in [-0.4, -0.2) is 28.0 Å². The van der Waals surface area contributed by atoms with Gasteiger partial charge in [-0.1, -0.05) is 24.3 Å². The standard InChI is InChI=1S/C24H24N2O4S/c1-17-4-3-5-22(14-17)31(28,29)25-16-18-6-7-19-12-13-26(23(19)15-18)24(27)20-8-10-21(30-2)11-9-20/h3-11,14-15,25H,12-13,16H2,1-2H3. The number of fused-ring (bicyclic) bond motifs is 1. The highest BCUT2D eigenvalue weighted by atomic mass is 32.2. The quantitative estimate of drug-likeness (QED) is 0.640. The van der Waals surface area contributed by atoms with E-state index in [9.17, 15) is 13.2 Å². The Hall–Kier alpha value is -3.16. The SMILES string of the molecule is COc1ccc(C(=O)N2CCc3ccc(CNS(=O)(=O)c4cccc(C)c4)cc32)cc1. The molecule has 0 saturated heterocycles. The average Bonchev–Trinajstić information content (AvgIpc) is 3.20. The smallest absolute Gasteiger partial charge is 0.258 e. The molecule has 1 N–H and O–H groups in total. The zero-order valence-electron chi connectivity index (χ0n) is 17.5. The molecule has 0 fully saturated rings. The van der Waals surface area contributed by atoms with Crippen LogP contribution in [0, 0.1) is 6.92 Å². The molecule has 0 radical (unpaired) electrons. The van der Waals surface area contributed by atoms with Crippen LogP contribution < -0.4 is 14.4 Å². The van der Waals surface area contributed by atoms with E-state index in [1.807, 2.05) is 31.2 Å². The van der Waals surface area contributed by atoms with E-state index in [2.05, 4.69) is 4.72 Å². The second-order valence-electron chi connectivity index (χ2n) is 7.54. The summed E-state index contributed by atoms with van der Waals surface area (Å²) in [5.74, 6) is 0.612. The second-order valence-corrected chi connectivity index (χ2v) is 9.31. The van der Waals surface area contributed by atoms with Crippen LogP contribution in [0.15, 0.2) is 71.6 Å². The molecule has 0 aromatic heterocycles. The summed E-state index contributed by atoms with van der Waals surface area (Å²) in [6.45, 7) is 2.60.